The van der Waals surface area contributed by atoms with E-state index in [0.717, 1.165) is 37.7 Å². The Balaban J connectivity index is 1.34. The lowest BCUT2D eigenvalue weighted by atomic mass is 9.46. The summed E-state index contributed by atoms with van der Waals surface area (Å²) < 4.78 is 7.83. The van der Waals surface area contributed by atoms with Crippen molar-refractivity contribution in [3.63, 3.8) is 0 Å². The molecular weight excluding hydrogens is 364 g/mol. The molecule has 3 unspecified atom stereocenters. The zero-order chi connectivity index (χ0) is 20.2. The van der Waals surface area contributed by atoms with Crippen molar-refractivity contribution in [1.82, 2.24) is 9.78 Å². The van der Waals surface area contributed by atoms with Crippen LogP contribution in [0.15, 0.2) is 18.5 Å². The fraction of sp³-hybridized carbons (Fsp3) is 0.833. The normalized spacial score (nSPS) is 47.0. The van der Waals surface area contributed by atoms with E-state index in [9.17, 15) is 9.90 Å². The minimum Gasteiger partial charge on any atom is -0.390 e. The molecule has 1 aromatic heterocycles. The summed E-state index contributed by atoms with van der Waals surface area (Å²) in [7, 11) is 0. The van der Waals surface area contributed by atoms with Crippen molar-refractivity contribution in [3.8, 4) is 0 Å². The number of aliphatic hydroxyl groups is 1. The minimum atomic E-state index is -0.463. The number of hydrogen-bond donors (Lipinski definition) is 1. The summed E-state index contributed by atoms with van der Waals surface area (Å²) in [6.07, 6.45) is 11.6. The SMILES string of the molecule is C[C@@]1(O)CC[C@@H]2C3CC[C@@]4(C)C(COC[C@@H]4C(=O)Cn4cccn4)C3CC[C@@H]2C1. The molecule has 160 valence electrons. The maximum absolute atomic E-state index is 13.2. The molecule has 3 aliphatic carbocycles. The van der Waals surface area contributed by atoms with Gasteiger partial charge in [-0.2, -0.15) is 5.10 Å². The topological polar surface area (TPSA) is 64.3 Å². The number of fused-ring (bicyclic) bond motifs is 5. The van der Waals surface area contributed by atoms with Gasteiger partial charge in [0.2, 0.25) is 0 Å². The van der Waals surface area contributed by atoms with E-state index in [4.69, 9.17) is 4.74 Å². The zero-order valence-corrected chi connectivity index (χ0v) is 17.9. The van der Waals surface area contributed by atoms with E-state index >= 15 is 0 Å². The van der Waals surface area contributed by atoms with Gasteiger partial charge in [0.1, 0.15) is 0 Å². The molecule has 1 N–H and O–H groups in total. The third kappa shape index (κ3) is 3.38. The Bertz CT molecular complexity index is 745. The van der Waals surface area contributed by atoms with Gasteiger partial charge >= 0.3 is 0 Å². The van der Waals surface area contributed by atoms with Gasteiger partial charge < -0.3 is 9.84 Å². The monoisotopic (exact) mass is 400 g/mol. The summed E-state index contributed by atoms with van der Waals surface area (Å²) >= 11 is 0. The van der Waals surface area contributed by atoms with Crippen molar-refractivity contribution in [2.45, 2.75) is 70.9 Å². The Morgan fingerprint density at radius 3 is 2.76 bits per heavy atom. The second-order valence-electron chi connectivity index (χ2n) is 11.0. The van der Waals surface area contributed by atoms with Crippen LogP contribution in [0.5, 0.6) is 0 Å². The highest BCUT2D eigenvalue weighted by Gasteiger charge is 2.57. The Morgan fingerprint density at radius 2 is 1.97 bits per heavy atom. The molecule has 3 saturated carbocycles. The Morgan fingerprint density at radius 1 is 1.14 bits per heavy atom. The summed E-state index contributed by atoms with van der Waals surface area (Å²) in [6.45, 7) is 6.15. The van der Waals surface area contributed by atoms with Crippen LogP contribution < -0.4 is 0 Å². The smallest absolute Gasteiger partial charge is 0.160 e. The number of ketones is 1. The first-order valence-corrected chi connectivity index (χ1v) is 11.7. The number of rotatable bonds is 3. The van der Waals surface area contributed by atoms with E-state index in [-0.39, 0.29) is 17.1 Å². The highest BCUT2D eigenvalue weighted by molar-refractivity contribution is 5.82. The van der Waals surface area contributed by atoms with Gasteiger partial charge in [0.15, 0.2) is 5.78 Å². The molecule has 2 heterocycles. The summed E-state index contributed by atoms with van der Waals surface area (Å²) in [5, 5.41) is 14.8. The molecule has 1 saturated heterocycles. The molecule has 0 bridgehead atoms. The predicted molar refractivity (Wildman–Crippen MR) is 110 cm³/mol. The van der Waals surface area contributed by atoms with Crippen LogP contribution in [0.25, 0.3) is 0 Å². The number of nitrogens with zero attached hydrogens (tertiary/aromatic N) is 2. The Kier molecular flexibility index (Phi) is 4.90. The molecule has 0 aromatic carbocycles. The molecule has 5 nitrogen and oxygen atoms in total. The minimum absolute atomic E-state index is 0.0174. The number of carbonyl (C=O) groups is 1. The third-order valence-electron chi connectivity index (χ3n) is 9.32. The van der Waals surface area contributed by atoms with Crippen LogP contribution in [0.4, 0.5) is 0 Å². The van der Waals surface area contributed by atoms with Crippen LogP contribution >= 0.6 is 0 Å². The second kappa shape index (κ2) is 7.19. The van der Waals surface area contributed by atoms with E-state index in [1.807, 2.05) is 19.2 Å². The van der Waals surface area contributed by atoms with E-state index in [2.05, 4.69) is 12.0 Å². The van der Waals surface area contributed by atoms with Crippen molar-refractivity contribution in [2.24, 2.45) is 40.9 Å². The van der Waals surface area contributed by atoms with Crippen molar-refractivity contribution >= 4 is 5.78 Å². The van der Waals surface area contributed by atoms with Gasteiger partial charge in [0.25, 0.3) is 0 Å². The molecule has 0 radical (unpaired) electrons. The highest BCUT2D eigenvalue weighted by atomic mass is 16.5. The van der Waals surface area contributed by atoms with Gasteiger partial charge in [-0.1, -0.05) is 6.92 Å². The van der Waals surface area contributed by atoms with Gasteiger partial charge in [-0.3, -0.25) is 9.48 Å². The number of carbonyl (C=O) groups excluding carboxylic acids is 1. The van der Waals surface area contributed by atoms with Crippen LogP contribution in [0.2, 0.25) is 0 Å². The van der Waals surface area contributed by atoms with Crippen molar-refractivity contribution in [1.29, 1.82) is 0 Å². The molecule has 29 heavy (non-hydrogen) atoms. The van der Waals surface area contributed by atoms with Crippen LogP contribution in [-0.4, -0.2) is 39.5 Å². The molecule has 4 fully saturated rings. The number of aromatic nitrogens is 2. The van der Waals surface area contributed by atoms with E-state index < -0.39 is 5.60 Å². The van der Waals surface area contributed by atoms with E-state index in [0.29, 0.717) is 30.9 Å². The first-order chi connectivity index (χ1) is 13.9. The first-order valence-electron chi connectivity index (χ1n) is 11.7. The van der Waals surface area contributed by atoms with Crippen LogP contribution in [0.1, 0.15) is 58.8 Å². The van der Waals surface area contributed by atoms with Gasteiger partial charge in [0.05, 0.1) is 25.4 Å². The number of hydrogen-bond acceptors (Lipinski definition) is 4. The lowest BCUT2D eigenvalue weighted by Gasteiger charge is -2.60. The summed E-state index contributed by atoms with van der Waals surface area (Å²) in [5.41, 5.74) is -0.411. The maximum Gasteiger partial charge on any atom is 0.160 e. The third-order valence-corrected chi connectivity index (χ3v) is 9.32. The van der Waals surface area contributed by atoms with Crippen molar-refractivity contribution in [2.75, 3.05) is 13.2 Å². The zero-order valence-electron chi connectivity index (χ0n) is 17.9. The van der Waals surface area contributed by atoms with Crippen LogP contribution in [-0.2, 0) is 16.1 Å². The molecule has 8 atom stereocenters. The standard InChI is InChI=1S/C24H36N2O3/c1-23(28)8-6-17-16(12-23)4-5-19-18(17)7-9-24(2)20(19)14-29-15-21(24)22(27)13-26-11-3-10-25-26/h3,10-11,16-21,28H,4-9,12-15H2,1-2H3/t16-,17+,18?,19?,20?,21-,23-,24+/m1/s1. The number of ether oxygens (including phenoxy) is 1. The lowest BCUT2D eigenvalue weighted by Crippen LogP contribution is -2.58. The lowest BCUT2D eigenvalue weighted by molar-refractivity contribution is -0.177. The van der Waals surface area contributed by atoms with Gasteiger partial charge in [0, 0.05) is 18.3 Å². The molecule has 0 spiro atoms. The van der Waals surface area contributed by atoms with E-state index in [1.54, 1.807) is 10.9 Å². The first kappa shape index (κ1) is 19.7. The molecule has 5 rings (SSSR count). The predicted octanol–water partition coefficient (Wildman–Crippen LogP) is 3.71. The van der Waals surface area contributed by atoms with Crippen LogP contribution in [0, 0.1) is 40.9 Å². The van der Waals surface area contributed by atoms with Crippen molar-refractivity contribution in [3.05, 3.63) is 18.5 Å². The summed E-state index contributed by atoms with van der Waals surface area (Å²) in [6, 6.07) is 1.88. The van der Waals surface area contributed by atoms with Gasteiger partial charge in [-0.05, 0) is 92.9 Å². The Hall–Kier alpha value is -1.20. The van der Waals surface area contributed by atoms with Crippen molar-refractivity contribution < 1.29 is 14.6 Å². The second-order valence-corrected chi connectivity index (χ2v) is 11.0. The fourth-order valence-electron chi connectivity index (χ4n) is 7.80. The van der Waals surface area contributed by atoms with Gasteiger partial charge in [-0.15, -0.1) is 0 Å². The quantitative estimate of drug-likeness (QED) is 0.840. The molecule has 5 heteroatoms. The Labute approximate surface area is 174 Å². The summed E-state index contributed by atoms with van der Waals surface area (Å²) in [4.78, 5) is 13.2. The largest absolute Gasteiger partial charge is 0.390 e. The molecule has 1 aromatic rings. The molecule has 4 aliphatic rings. The average Bonchev–Trinajstić information content (AvgIpc) is 3.18. The average molecular weight is 401 g/mol. The highest BCUT2D eigenvalue weighted by Crippen LogP contribution is 2.61. The number of Topliss-reactive ketones (excluding diaryl/α,β-unsaturated/α-hetero) is 1. The molecular formula is C24H36N2O3. The maximum atomic E-state index is 13.2. The molecule has 1 aliphatic heterocycles. The fourth-order valence-corrected chi connectivity index (χ4v) is 7.80. The van der Waals surface area contributed by atoms with Crippen LogP contribution in [0.3, 0.4) is 0 Å². The molecule has 0 amide bonds. The summed E-state index contributed by atoms with van der Waals surface area (Å²) in [5.74, 6) is 3.64. The van der Waals surface area contributed by atoms with E-state index in [1.165, 1.54) is 25.7 Å². The van der Waals surface area contributed by atoms with Gasteiger partial charge in [-0.25, -0.2) is 0 Å².